The number of likely N-dealkylation sites (tertiary alicyclic amines) is 1. The normalized spacial score (nSPS) is 22.4. The van der Waals surface area contributed by atoms with Crippen molar-refractivity contribution < 1.29 is 28.2 Å². The molecule has 35 heavy (non-hydrogen) atoms. The van der Waals surface area contributed by atoms with Gasteiger partial charge in [0.25, 0.3) is 0 Å². The summed E-state index contributed by atoms with van der Waals surface area (Å²) in [4.78, 5) is 19.1. The van der Waals surface area contributed by atoms with Crippen LogP contribution < -0.4 is 10.6 Å². The minimum absolute atomic E-state index is 0.00945. The Hall–Kier alpha value is -2.69. The third kappa shape index (κ3) is 6.31. The number of benzene rings is 1. The molecule has 2 aromatic rings. The molecule has 1 saturated carbocycles. The number of carbonyl (C=O) groups is 1. The first-order chi connectivity index (χ1) is 16.6. The fraction of sp³-hybridized carbons (Fsp3) is 0.520. The van der Waals surface area contributed by atoms with Gasteiger partial charge in [-0.2, -0.15) is 13.2 Å². The molecule has 4 N–H and O–H groups in total. The van der Waals surface area contributed by atoms with Crippen LogP contribution in [0.2, 0.25) is 0 Å². The van der Waals surface area contributed by atoms with Gasteiger partial charge in [-0.05, 0) is 62.4 Å². The lowest BCUT2D eigenvalue weighted by Gasteiger charge is -2.46. The van der Waals surface area contributed by atoms with E-state index in [9.17, 15) is 28.2 Å². The van der Waals surface area contributed by atoms with Crippen molar-refractivity contribution in [1.29, 1.82) is 0 Å². The van der Waals surface area contributed by atoms with Crippen LogP contribution in [-0.2, 0) is 11.0 Å². The molecule has 190 valence electrons. The third-order valence-corrected chi connectivity index (χ3v) is 6.90. The summed E-state index contributed by atoms with van der Waals surface area (Å²) >= 11 is 0. The summed E-state index contributed by atoms with van der Waals surface area (Å²) in [7, 11) is 0. The summed E-state index contributed by atoms with van der Waals surface area (Å²) in [5.74, 6) is 0.209. The molecule has 1 aromatic heterocycles. The Morgan fingerprint density at radius 3 is 2.57 bits per heavy atom. The Labute approximate surface area is 202 Å². The van der Waals surface area contributed by atoms with Crippen molar-refractivity contribution in [1.82, 2.24) is 20.5 Å². The minimum Gasteiger partial charge on any atom is -0.506 e. The van der Waals surface area contributed by atoms with Crippen LogP contribution >= 0.6 is 0 Å². The van der Waals surface area contributed by atoms with Crippen molar-refractivity contribution in [2.75, 3.05) is 19.6 Å². The van der Waals surface area contributed by atoms with Gasteiger partial charge in [-0.25, -0.2) is 0 Å². The smallest absolute Gasteiger partial charge is 0.416 e. The van der Waals surface area contributed by atoms with E-state index in [1.165, 1.54) is 12.1 Å². The molecule has 7 nitrogen and oxygen atoms in total. The van der Waals surface area contributed by atoms with Crippen LogP contribution in [0.1, 0.15) is 60.3 Å². The number of aromatic hydroxyl groups is 1. The second-order valence-electron chi connectivity index (χ2n) is 9.49. The number of aromatic nitrogens is 1. The summed E-state index contributed by atoms with van der Waals surface area (Å²) in [6.07, 6.45) is -1.95. The number of aryl methyl sites for hydroxylation is 1. The van der Waals surface area contributed by atoms with E-state index in [1.807, 2.05) is 6.92 Å². The Bertz CT molecular complexity index is 1030. The van der Waals surface area contributed by atoms with E-state index in [0.717, 1.165) is 62.3 Å². The number of nitrogens with zero attached hydrogens (tertiary/aromatic N) is 2. The van der Waals surface area contributed by atoms with Crippen LogP contribution in [0.5, 0.6) is 5.75 Å². The maximum atomic E-state index is 12.8. The van der Waals surface area contributed by atoms with Gasteiger partial charge in [0.05, 0.1) is 23.8 Å². The van der Waals surface area contributed by atoms with Crippen LogP contribution in [0.3, 0.4) is 0 Å². The quantitative estimate of drug-likeness (QED) is 0.443. The molecule has 1 atom stereocenters. The number of hydrogen-bond acceptors (Lipinski definition) is 6. The molecule has 1 aliphatic carbocycles. The van der Waals surface area contributed by atoms with Crippen molar-refractivity contribution >= 4 is 5.91 Å². The number of carbonyl (C=O) groups excluding carboxylic acids is 1. The predicted octanol–water partition coefficient (Wildman–Crippen LogP) is 3.22. The van der Waals surface area contributed by atoms with Crippen molar-refractivity contribution in [2.45, 2.75) is 63.0 Å². The van der Waals surface area contributed by atoms with Crippen LogP contribution in [-0.4, -0.2) is 57.7 Å². The first-order valence-corrected chi connectivity index (χ1v) is 11.9. The summed E-state index contributed by atoms with van der Waals surface area (Å²) in [5, 5.41) is 25.7. The summed E-state index contributed by atoms with van der Waals surface area (Å²) in [6.45, 7) is 3.20. The first-order valence-electron chi connectivity index (χ1n) is 11.9. The third-order valence-electron chi connectivity index (χ3n) is 6.90. The Morgan fingerprint density at radius 1 is 1.17 bits per heavy atom. The topological polar surface area (TPSA) is 97.7 Å². The molecule has 0 radical (unpaired) electrons. The van der Waals surface area contributed by atoms with E-state index >= 15 is 0 Å². The van der Waals surface area contributed by atoms with E-state index in [2.05, 4.69) is 20.5 Å². The molecule has 1 saturated heterocycles. The summed E-state index contributed by atoms with van der Waals surface area (Å²) < 4.78 is 38.5. The lowest BCUT2D eigenvalue weighted by atomic mass is 9.82. The van der Waals surface area contributed by atoms with E-state index in [0.29, 0.717) is 6.04 Å². The zero-order chi connectivity index (χ0) is 25.2. The van der Waals surface area contributed by atoms with Crippen molar-refractivity contribution in [2.24, 2.45) is 0 Å². The largest absolute Gasteiger partial charge is 0.506 e. The monoisotopic (exact) mass is 492 g/mol. The summed E-state index contributed by atoms with van der Waals surface area (Å²) in [6, 6.07) is 8.35. The van der Waals surface area contributed by atoms with E-state index in [-0.39, 0.29) is 35.7 Å². The molecule has 1 aliphatic heterocycles. The molecule has 2 aliphatic rings. The highest BCUT2D eigenvalue weighted by Gasteiger charge is 2.36. The average Bonchev–Trinajstić information content (AvgIpc) is 2.81. The zero-order valence-corrected chi connectivity index (χ0v) is 19.6. The maximum Gasteiger partial charge on any atom is 0.416 e. The van der Waals surface area contributed by atoms with Crippen molar-refractivity contribution in [3.05, 3.63) is 58.9 Å². The molecular weight excluding hydrogens is 461 g/mol. The zero-order valence-electron chi connectivity index (χ0n) is 19.6. The van der Waals surface area contributed by atoms with E-state index in [1.54, 1.807) is 12.1 Å². The summed E-state index contributed by atoms with van der Waals surface area (Å²) in [5.41, 5.74) is 0.887. The number of aliphatic hydroxyl groups is 1. The standard InChI is InChI=1S/C25H31F3N4O3/c1-15-5-10-21(33)23(30-15)16-6-8-20(9-7-16)32-13-19(14-32)31-22(34)12-29-24(35)17-3-2-4-18(11-17)25(26,27)28/h2-5,10-11,16,19-20,24,29,33,35H,6-9,12-14H2,1H3,(H,31,34). The SMILES string of the molecule is Cc1ccc(O)c(C2CCC(N3CC(NC(=O)CNC(O)c4cccc(C(F)(F)F)c4)C3)CC2)n1. The second kappa shape index (κ2) is 10.5. The number of nitrogens with one attached hydrogen (secondary N) is 2. The van der Waals surface area contributed by atoms with Gasteiger partial charge < -0.3 is 15.5 Å². The van der Waals surface area contributed by atoms with E-state index < -0.39 is 18.0 Å². The van der Waals surface area contributed by atoms with Gasteiger partial charge in [-0.3, -0.25) is 20.0 Å². The van der Waals surface area contributed by atoms with Crippen LogP contribution in [0.4, 0.5) is 13.2 Å². The molecule has 1 unspecified atom stereocenters. The van der Waals surface area contributed by atoms with Gasteiger partial charge in [-0.15, -0.1) is 0 Å². The Kier molecular flexibility index (Phi) is 7.63. The highest BCUT2D eigenvalue weighted by Crippen LogP contribution is 2.38. The van der Waals surface area contributed by atoms with Crippen molar-refractivity contribution in [3.63, 3.8) is 0 Å². The molecule has 10 heteroatoms. The molecule has 0 spiro atoms. The number of alkyl halides is 3. The van der Waals surface area contributed by atoms with Crippen molar-refractivity contribution in [3.8, 4) is 5.75 Å². The number of aliphatic hydroxyl groups excluding tert-OH is 1. The van der Waals surface area contributed by atoms with Gasteiger partial charge in [-0.1, -0.05) is 12.1 Å². The number of hydrogen-bond donors (Lipinski definition) is 4. The molecule has 4 rings (SSSR count). The predicted molar refractivity (Wildman–Crippen MR) is 124 cm³/mol. The number of halogens is 3. The van der Waals surface area contributed by atoms with Gasteiger partial charge >= 0.3 is 6.18 Å². The molecular formula is C25H31F3N4O3. The maximum absolute atomic E-state index is 12.8. The lowest BCUT2D eigenvalue weighted by Crippen LogP contribution is -2.63. The molecule has 1 aromatic carbocycles. The molecule has 2 heterocycles. The Balaban J connectivity index is 1.17. The van der Waals surface area contributed by atoms with E-state index in [4.69, 9.17) is 0 Å². The second-order valence-corrected chi connectivity index (χ2v) is 9.49. The lowest BCUT2D eigenvalue weighted by molar-refractivity contribution is -0.137. The fourth-order valence-electron chi connectivity index (χ4n) is 4.96. The number of pyridine rings is 1. The van der Waals surface area contributed by atoms with Crippen LogP contribution in [0.25, 0.3) is 0 Å². The van der Waals surface area contributed by atoms with Gasteiger partial charge in [0, 0.05) is 30.7 Å². The van der Waals surface area contributed by atoms with Gasteiger partial charge in [0.1, 0.15) is 12.0 Å². The van der Waals surface area contributed by atoms with Gasteiger partial charge in [0.15, 0.2) is 0 Å². The number of rotatable bonds is 7. The molecule has 0 bridgehead atoms. The Morgan fingerprint density at radius 2 is 1.89 bits per heavy atom. The van der Waals surface area contributed by atoms with Crippen LogP contribution in [0.15, 0.2) is 36.4 Å². The molecule has 1 amide bonds. The number of amides is 1. The minimum atomic E-state index is -4.50. The van der Waals surface area contributed by atoms with Crippen LogP contribution in [0, 0.1) is 6.92 Å². The average molecular weight is 493 g/mol. The highest BCUT2D eigenvalue weighted by molar-refractivity contribution is 5.78. The molecule has 2 fully saturated rings. The highest BCUT2D eigenvalue weighted by atomic mass is 19.4. The van der Waals surface area contributed by atoms with Gasteiger partial charge in [0.2, 0.25) is 5.91 Å². The fourth-order valence-corrected chi connectivity index (χ4v) is 4.96. The first kappa shape index (κ1) is 25.4.